The molecule has 1 unspecified atom stereocenters. The third-order valence-electron chi connectivity index (χ3n) is 4.31. The molecule has 1 saturated heterocycles. The maximum absolute atomic E-state index is 12.3. The van der Waals surface area contributed by atoms with Crippen molar-refractivity contribution < 1.29 is 4.79 Å². The molecule has 25 heavy (non-hydrogen) atoms. The van der Waals surface area contributed by atoms with E-state index >= 15 is 0 Å². The Morgan fingerprint density at radius 2 is 2.16 bits per heavy atom. The highest BCUT2D eigenvalue weighted by molar-refractivity contribution is 7.14. The standard InChI is InChI=1S/C18H18N4OS2/c23-17(13-5-2-1-3-6-13)21-18-20-14(12-25-18)15-7-4-9-22(15)11-16-19-8-10-24-16/h1-3,5-6,8,10,12,15H,4,7,9,11H2,(H,20,21,23). The van der Waals surface area contributed by atoms with Crippen LogP contribution in [-0.2, 0) is 6.54 Å². The third kappa shape index (κ3) is 3.78. The predicted molar refractivity (Wildman–Crippen MR) is 101 cm³/mol. The number of carbonyl (C=O) groups excluding carboxylic acids is 1. The van der Waals surface area contributed by atoms with Crippen LogP contribution in [0.3, 0.4) is 0 Å². The number of benzene rings is 1. The second kappa shape index (κ2) is 7.43. The summed E-state index contributed by atoms with van der Waals surface area (Å²) in [5.41, 5.74) is 1.69. The summed E-state index contributed by atoms with van der Waals surface area (Å²) in [5, 5.41) is 8.77. The lowest BCUT2D eigenvalue weighted by molar-refractivity contribution is 0.102. The first kappa shape index (κ1) is 16.4. The van der Waals surface area contributed by atoms with E-state index in [0.717, 1.165) is 30.2 Å². The van der Waals surface area contributed by atoms with Gasteiger partial charge in [0.25, 0.3) is 5.91 Å². The van der Waals surface area contributed by atoms with Gasteiger partial charge in [0.15, 0.2) is 5.13 Å². The SMILES string of the molecule is O=C(Nc1nc(C2CCCN2Cc2nccs2)cs1)c1ccccc1. The van der Waals surface area contributed by atoms with E-state index in [1.807, 2.05) is 29.8 Å². The summed E-state index contributed by atoms with van der Waals surface area (Å²) in [6, 6.07) is 9.53. The van der Waals surface area contributed by atoms with E-state index in [1.54, 1.807) is 23.5 Å². The minimum Gasteiger partial charge on any atom is -0.298 e. The van der Waals surface area contributed by atoms with Crippen LogP contribution in [0.4, 0.5) is 5.13 Å². The fourth-order valence-corrected chi connectivity index (χ4v) is 4.50. The van der Waals surface area contributed by atoms with Crippen LogP contribution in [0.25, 0.3) is 0 Å². The number of aromatic nitrogens is 2. The number of hydrogen-bond acceptors (Lipinski definition) is 6. The highest BCUT2D eigenvalue weighted by atomic mass is 32.1. The molecule has 0 bridgehead atoms. The van der Waals surface area contributed by atoms with Crippen molar-refractivity contribution in [1.29, 1.82) is 0 Å². The average molecular weight is 371 g/mol. The van der Waals surface area contributed by atoms with Crippen LogP contribution in [0.1, 0.15) is 39.9 Å². The molecule has 0 spiro atoms. The molecular weight excluding hydrogens is 352 g/mol. The van der Waals surface area contributed by atoms with Gasteiger partial charge in [-0.25, -0.2) is 9.97 Å². The Morgan fingerprint density at radius 3 is 2.96 bits per heavy atom. The first-order valence-electron chi connectivity index (χ1n) is 8.24. The zero-order chi connectivity index (χ0) is 17.1. The van der Waals surface area contributed by atoms with Gasteiger partial charge in [0, 0.05) is 22.5 Å². The minimum absolute atomic E-state index is 0.118. The summed E-state index contributed by atoms with van der Waals surface area (Å²) in [6.07, 6.45) is 4.12. The largest absolute Gasteiger partial charge is 0.298 e. The van der Waals surface area contributed by atoms with Crippen LogP contribution in [0.2, 0.25) is 0 Å². The lowest BCUT2D eigenvalue weighted by Crippen LogP contribution is -2.23. The van der Waals surface area contributed by atoms with Crippen molar-refractivity contribution in [1.82, 2.24) is 14.9 Å². The quantitative estimate of drug-likeness (QED) is 0.732. The average Bonchev–Trinajstić information content (AvgIpc) is 3.38. The molecule has 3 aromatic rings. The van der Waals surface area contributed by atoms with Crippen LogP contribution in [0.5, 0.6) is 0 Å². The smallest absolute Gasteiger partial charge is 0.257 e. The number of thiazole rings is 2. The predicted octanol–water partition coefficient (Wildman–Crippen LogP) is 4.19. The lowest BCUT2D eigenvalue weighted by Gasteiger charge is -2.21. The zero-order valence-electron chi connectivity index (χ0n) is 13.6. The van der Waals surface area contributed by atoms with Crippen molar-refractivity contribution in [2.75, 3.05) is 11.9 Å². The molecule has 0 aliphatic carbocycles. The minimum atomic E-state index is -0.118. The van der Waals surface area contributed by atoms with Crippen LogP contribution in [0, 0.1) is 0 Å². The van der Waals surface area contributed by atoms with Crippen molar-refractivity contribution in [3.8, 4) is 0 Å². The summed E-state index contributed by atoms with van der Waals surface area (Å²) in [4.78, 5) is 23.7. The normalized spacial score (nSPS) is 17.7. The number of rotatable bonds is 5. The summed E-state index contributed by atoms with van der Waals surface area (Å²) >= 11 is 3.18. The second-order valence-corrected chi connectivity index (χ2v) is 7.79. The van der Waals surface area contributed by atoms with Crippen molar-refractivity contribution >= 4 is 33.7 Å². The monoisotopic (exact) mass is 370 g/mol. The van der Waals surface area contributed by atoms with E-state index in [1.165, 1.54) is 17.8 Å². The Balaban J connectivity index is 1.44. The van der Waals surface area contributed by atoms with E-state index in [0.29, 0.717) is 16.7 Å². The van der Waals surface area contributed by atoms with Gasteiger partial charge in [-0.1, -0.05) is 18.2 Å². The maximum Gasteiger partial charge on any atom is 0.257 e. The van der Waals surface area contributed by atoms with Gasteiger partial charge in [0.05, 0.1) is 18.3 Å². The second-order valence-electron chi connectivity index (χ2n) is 5.95. The number of anilines is 1. The number of carbonyl (C=O) groups is 1. The van der Waals surface area contributed by atoms with E-state index in [2.05, 4.69) is 25.6 Å². The van der Waals surface area contributed by atoms with Gasteiger partial charge in [-0.3, -0.25) is 15.0 Å². The molecule has 1 fully saturated rings. The van der Waals surface area contributed by atoms with Crippen molar-refractivity contribution in [2.45, 2.75) is 25.4 Å². The maximum atomic E-state index is 12.3. The molecule has 3 heterocycles. The van der Waals surface area contributed by atoms with Crippen molar-refractivity contribution in [3.05, 3.63) is 63.6 Å². The van der Waals surface area contributed by atoms with Crippen LogP contribution in [-0.4, -0.2) is 27.3 Å². The Kier molecular flexibility index (Phi) is 4.87. The third-order valence-corrected chi connectivity index (χ3v) is 5.85. The Hall–Kier alpha value is -2.09. The van der Waals surface area contributed by atoms with Gasteiger partial charge in [-0.2, -0.15) is 0 Å². The Morgan fingerprint density at radius 1 is 1.28 bits per heavy atom. The molecule has 1 N–H and O–H groups in total. The van der Waals surface area contributed by atoms with Gasteiger partial charge >= 0.3 is 0 Å². The summed E-state index contributed by atoms with van der Waals surface area (Å²) in [5.74, 6) is -0.118. The molecule has 128 valence electrons. The first-order valence-corrected chi connectivity index (χ1v) is 10.00. The molecule has 2 aromatic heterocycles. The number of nitrogens with one attached hydrogen (secondary N) is 1. The van der Waals surface area contributed by atoms with Gasteiger partial charge in [-0.05, 0) is 31.5 Å². The van der Waals surface area contributed by atoms with Gasteiger partial charge in [-0.15, -0.1) is 22.7 Å². The molecule has 4 rings (SSSR count). The molecule has 1 aliphatic heterocycles. The van der Waals surface area contributed by atoms with Crippen LogP contribution >= 0.6 is 22.7 Å². The summed E-state index contributed by atoms with van der Waals surface area (Å²) < 4.78 is 0. The number of nitrogens with zero attached hydrogens (tertiary/aromatic N) is 3. The number of hydrogen-bond donors (Lipinski definition) is 1. The lowest BCUT2D eigenvalue weighted by atomic mass is 10.2. The molecular formula is C18H18N4OS2. The molecule has 1 aliphatic rings. The zero-order valence-corrected chi connectivity index (χ0v) is 15.2. The topological polar surface area (TPSA) is 58.1 Å². The molecule has 0 saturated carbocycles. The number of likely N-dealkylation sites (tertiary alicyclic amines) is 1. The van der Waals surface area contributed by atoms with Gasteiger partial charge in [0.1, 0.15) is 5.01 Å². The molecule has 7 heteroatoms. The van der Waals surface area contributed by atoms with E-state index < -0.39 is 0 Å². The summed E-state index contributed by atoms with van der Waals surface area (Å²) in [6.45, 7) is 1.93. The van der Waals surface area contributed by atoms with Crippen LogP contribution in [0.15, 0.2) is 47.3 Å². The molecule has 1 aromatic carbocycles. The Labute approximate surface area is 154 Å². The fraction of sp³-hybridized carbons (Fsp3) is 0.278. The highest BCUT2D eigenvalue weighted by Crippen LogP contribution is 2.34. The fourth-order valence-electron chi connectivity index (χ4n) is 3.11. The van der Waals surface area contributed by atoms with Gasteiger partial charge in [0.2, 0.25) is 0 Å². The first-order chi connectivity index (χ1) is 12.3. The van der Waals surface area contributed by atoms with E-state index in [-0.39, 0.29) is 5.91 Å². The van der Waals surface area contributed by atoms with Crippen molar-refractivity contribution in [3.63, 3.8) is 0 Å². The highest BCUT2D eigenvalue weighted by Gasteiger charge is 2.28. The van der Waals surface area contributed by atoms with Crippen LogP contribution < -0.4 is 5.32 Å². The number of amides is 1. The van der Waals surface area contributed by atoms with E-state index in [4.69, 9.17) is 0 Å². The van der Waals surface area contributed by atoms with Crippen molar-refractivity contribution in [2.24, 2.45) is 0 Å². The Bertz CT molecular complexity index is 832. The molecule has 5 nitrogen and oxygen atoms in total. The molecule has 1 amide bonds. The molecule has 1 atom stereocenters. The molecule has 0 radical (unpaired) electrons. The summed E-state index contributed by atoms with van der Waals surface area (Å²) in [7, 11) is 0. The van der Waals surface area contributed by atoms with Gasteiger partial charge < -0.3 is 0 Å². The van der Waals surface area contributed by atoms with E-state index in [9.17, 15) is 4.79 Å².